The molecule has 9 heteroatoms. The molecule has 1 atom stereocenters. The van der Waals surface area contributed by atoms with E-state index < -0.39 is 29.3 Å². The zero-order valence-corrected chi connectivity index (χ0v) is 20.5. The highest BCUT2D eigenvalue weighted by Gasteiger charge is 2.46. The number of carbonyl (C=O) groups excluding carboxylic acids is 2. The van der Waals surface area contributed by atoms with Crippen molar-refractivity contribution in [2.75, 3.05) is 46.0 Å². The molecule has 2 aliphatic heterocycles. The Balaban J connectivity index is 1.73. The number of phenols is 1. The van der Waals surface area contributed by atoms with Crippen LogP contribution in [0.5, 0.6) is 11.5 Å². The normalized spacial score (nSPS) is 20.2. The maximum atomic E-state index is 14.3. The summed E-state index contributed by atoms with van der Waals surface area (Å²) in [5, 5.41) is 21.3. The van der Waals surface area contributed by atoms with E-state index in [2.05, 4.69) is 4.90 Å². The number of hydrogen-bond donors (Lipinski definition) is 2. The second-order valence-electron chi connectivity index (χ2n) is 8.92. The van der Waals surface area contributed by atoms with E-state index in [4.69, 9.17) is 9.47 Å². The number of benzene rings is 2. The topological polar surface area (TPSA) is 99.5 Å². The zero-order chi connectivity index (χ0) is 25.8. The molecule has 2 saturated heterocycles. The number of ketones is 1. The number of hydrogen-bond acceptors (Lipinski definition) is 7. The Bertz CT molecular complexity index is 1170. The summed E-state index contributed by atoms with van der Waals surface area (Å²) >= 11 is 0. The Morgan fingerprint density at radius 1 is 1.14 bits per heavy atom. The van der Waals surface area contributed by atoms with Gasteiger partial charge in [0, 0.05) is 31.7 Å². The van der Waals surface area contributed by atoms with Crippen LogP contribution in [0.25, 0.3) is 5.76 Å². The van der Waals surface area contributed by atoms with Gasteiger partial charge in [0.1, 0.15) is 11.6 Å². The second-order valence-corrected chi connectivity index (χ2v) is 8.92. The molecule has 0 spiro atoms. The number of nitrogens with zero attached hydrogens (tertiary/aromatic N) is 2. The number of aryl methyl sites for hydroxylation is 1. The number of aliphatic hydroxyl groups excluding tert-OH is 1. The van der Waals surface area contributed by atoms with Crippen LogP contribution in [-0.2, 0) is 14.3 Å². The number of amides is 1. The Morgan fingerprint density at radius 3 is 2.58 bits per heavy atom. The SMILES string of the molecule is CCOc1cc(C2/C(=C(\O)c3ccc(C)c(F)c3)C(=O)C(=O)N2CCCN2CCOCC2)ccc1O. The molecule has 2 fully saturated rings. The highest BCUT2D eigenvalue weighted by molar-refractivity contribution is 6.46. The van der Waals surface area contributed by atoms with Crippen LogP contribution in [0.15, 0.2) is 42.0 Å². The average Bonchev–Trinajstić information content (AvgIpc) is 3.12. The molecular weight excluding hydrogens is 467 g/mol. The lowest BCUT2D eigenvalue weighted by molar-refractivity contribution is -0.140. The fourth-order valence-corrected chi connectivity index (χ4v) is 4.61. The summed E-state index contributed by atoms with van der Waals surface area (Å²) in [6.45, 7) is 7.59. The van der Waals surface area contributed by atoms with Gasteiger partial charge in [-0.05, 0) is 49.6 Å². The molecule has 0 bridgehead atoms. The predicted octanol–water partition coefficient (Wildman–Crippen LogP) is 3.38. The summed E-state index contributed by atoms with van der Waals surface area (Å²) in [6, 6.07) is 7.83. The van der Waals surface area contributed by atoms with Gasteiger partial charge in [-0.3, -0.25) is 14.5 Å². The lowest BCUT2D eigenvalue weighted by atomic mass is 9.94. The molecule has 192 valence electrons. The molecule has 4 rings (SSSR count). The molecule has 2 aliphatic rings. The van der Waals surface area contributed by atoms with E-state index in [1.807, 2.05) is 0 Å². The summed E-state index contributed by atoms with van der Waals surface area (Å²) in [5.74, 6) is -2.42. The molecule has 36 heavy (non-hydrogen) atoms. The summed E-state index contributed by atoms with van der Waals surface area (Å²) in [4.78, 5) is 30.0. The van der Waals surface area contributed by atoms with Crippen molar-refractivity contribution in [1.82, 2.24) is 9.80 Å². The first-order valence-corrected chi connectivity index (χ1v) is 12.1. The molecule has 0 aliphatic carbocycles. The molecule has 1 amide bonds. The highest BCUT2D eigenvalue weighted by Crippen LogP contribution is 2.42. The Labute approximate surface area is 209 Å². The summed E-state index contributed by atoms with van der Waals surface area (Å²) < 4.78 is 25.2. The summed E-state index contributed by atoms with van der Waals surface area (Å²) in [5.41, 5.74) is 0.878. The highest BCUT2D eigenvalue weighted by atomic mass is 19.1. The van der Waals surface area contributed by atoms with Crippen molar-refractivity contribution in [3.8, 4) is 11.5 Å². The number of carbonyl (C=O) groups is 2. The number of morpholine rings is 1. The Kier molecular flexibility index (Phi) is 7.91. The summed E-state index contributed by atoms with van der Waals surface area (Å²) in [6.07, 6.45) is 0.610. The van der Waals surface area contributed by atoms with E-state index >= 15 is 0 Å². The molecule has 0 saturated carbocycles. The van der Waals surface area contributed by atoms with Gasteiger partial charge in [-0.15, -0.1) is 0 Å². The molecule has 2 aromatic carbocycles. The third-order valence-electron chi connectivity index (χ3n) is 6.56. The van der Waals surface area contributed by atoms with Crippen molar-refractivity contribution in [3.05, 3.63) is 64.5 Å². The number of rotatable bonds is 8. The predicted molar refractivity (Wildman–Crippen MR) is 131 cm³/mol. The van der Waals surface area contributed by atoms with E-state index in [-0.39, 0.29) is 29.2 Å². The fraction of sp³-hybridized carbons (Fsp3) is 0.407. The number of aliphatic hydroxyl groups is 1. The molecule has 2 heterocycles. The molecule has 1 unspecified atom stereocenters. The minimum Gasteiger partial charge on any atom is -0.507 e. The molecule has 2 aromatic rings. The monoisotopic (exact) mass is 498 g/mol. The van der Waals surface area contributed by atoms with Gasteiger partial charge in [0.15, 0.2) is 11.5 Å². The second kappa shape index (κ2) is 11.1. The van der Waals surface area contributed by atoms with Crippen LogP contribution in [0.2, 0.25) is 0 Å². The van der Waals surface area contributed by atoms with Gasteiger partial charge >= 0.3 is 0 Å². The van der Waals surface area contributed by atoms with Crippen LogP contribution in [0.4, 0.5) is 4.39 Å². The molecule has 2 N–H and O–H groups in total. The van der Waals surface area contributed by atoms with Gasteiger partial charge in [0.05, 0.1) is 31.4 Å². The first kappa shape index (κ1) is 25.7. The van der Waals surface area contributed by atoms with E-state index in [1.54, 1.807) is 26.0 Å². The van der Waals surface area contributed by atoms with Gasteiger partial charge < -0.3 is 24.6 Å². The third-order valence-corrected chi connectivity index (χ3v) is 6.56. The first-order valence-electron chi connectivity index (χ1n) is 12.1. The molecule has 0 radical (unpaired) electrons. The molecule has 8 nitrogen and oxygen atoms in total. The van der Waals surface area contributed by atoms with Crippen LogP contribution in [-0.4, -0.2) is 77.7 Å². The van der Waals surface area contributed by atoms with Crippen molar-refractivity contribution < 1.29 is 33.7 Å². The lowest BCUT2D eigenvalue weighted by Gasteiger charge is -2.29. The molecular formula is C27H31FN2O6. The van der Waals surface area contributed by atoms with Crippen molar-refractivity contribution in [2.24, 2.45) is 0 Å². The minimum atomic E-state index is -0.918. The maximum absolute atomic E-state index is 14.3. The van der Waals surface area contributed by atoms with Gasteiger partial charge in [0.25, 0.3) is 11.7 Å². The number of halogens is 1. The Morgan fingerprint density at radius 2 is 1.89 bits per heavy atom. The van der Waals surface area contributed by atoms with Crippen LogP contribution in [0, 0.1) is 12.7 Å². The summed E-state index contributed by atoms with van der Waals surface area (Å²) in [7, 11) is 0. The van der Waals surface area contributed by atoms with Gasteiger partial charge in [-0.1, -0.05) is 18.2 Å². The van der Waals surface area contributed by atoms with Crippen molar-refractivity contribution in [1.29, 1.82) is 0 Å². The first-order chi connectivity index (χ1) is 17.3. The third kappa shape index (κ3) is 5.22. The van der Waals surface area contributed by atoms with E-state index in [0.29, 0.717) is 37.4 Å². The van der Waals surface area contributed by atoms with Crippen LogP contribution >= 0.6 is 0 Å². The fourth-order valence-electron chi connectivity index (χ4n) is 4.61. The van der Waals surface area contributed by atoms with Gasteiger partial charge in [0.2, 0.25) is 0 Å². The smallest absolute Gasteiger partial charge is 0.295 e. The maximum Gasteiger partial charge on any atom is 0.295 e. The van der Waals surface area contributed by atoms with Crippen molar-refractivity contribution in [2.45, 2.75) is 26.3 Å². The van der Waals surface area contributed by atoms with E-state index in [0.717, 1.165) is 25.7 Å². The zero-order valence-electron chi connectivity index (χ0n) is 20.5. The van der Waals surface area contributed by atoms with Crippen LogP contribution in [0.3, 0.4) is 0 Å². The standard InChI is InChI=1S/C27H31FN2O6/c1-3-36-22-16-18(7-8-21(22)31)24-23(25(32)19-6-5-17(2)20(28)15-19)26(33)27(34)30(24)10-4-9-29-11-13-35-14-12-29/h5-8,15-16,24,31-32H,3-4,9-14H2,1-2H3/b25-23+. The Hall–Kier alpha value is -3.43. The number of likely N-dealkylation sites (tertiary alicyclic amines) is 1. The van der Waals surface area contributed by atoms with Crippen LogP contribution in [0.1, 0.15) is 36.1 Å². The number of ether oxygens (including phenoxy) is 2. The van der Waals surface area contributed by atoms with Gasteiger partial charge in [-0.25, -0.2) is 4.39 Å². The van der Waals surface area contributed by atoms with Gasteiger partial charge in [-0.2, -0.15) is 0 Å². The molecule has 0 aromatic heterocycles. The average molecular weight is 499 g/mol. The van der Waals surface area contributed by atoms with Crippen molar-refractivity contribution in [3.63, 3.8) is 0 Å². The van der Waals surface area contributed by atoms with Crippen molar-refractivity contribution >= 4 is 17.4 Å². The van der Waals surface area contributed by atoms with E-state index in [9.17, 15) is 24.2 Å². The van der Waals surface area contributed by atoms with Crippen LogP contribution < -0.4 is 4.74 Å². The quantitative estimate of drug-likeness (QED) is 0.327. The van der Waals surface area contributed by atoms with E-state index in [1.165, 1.54) is 23.1 Å². The minimum absolute atomic E-state index is 0.0783. The lowest BCUT2D eigenvalue weighted by Crippen LogP contribution is -2.38. The number of Topliss-reactive ketones (excluding diaryl/α,β-unsaturated/α-hetero) is 1. The number of aromatic hydroxyl groups is 1. The largest absolute Gasteiger partial charge is 0.507 e. The number of phenolic OH excluding ortho intramolecular Hbond substituents is 1.